The van der Waals surface area contributed by atoms with Crippen molar-refractivity contribution in [1.82, 2.24) is 5.32 Å². The lowest BCUT2D eigenvalue weighted by atomic mass is 9.92. The molecular formula is C15H25ClN2O. The van der Waals surface area contributed by atoms with Gasteiger partial charge in [0.25, 0.3) is 0 Å². The van der Waals surface area contributed by atoms with Crippen LogP contribution in [-0.4, -0.2) is 18.0 Å². The number of carbonyl (C=O) groups excluding carboxylic acids is 1. The molecule has 19 heavy (non-hydrogen) atoms. The Kier molecular flexibility index (Phi) is 7.72. The van der Waals surface area contributed by atoms with Crippen molar-refractivity contribution in [3.63, 3.8) is 0 Å². The molecule has 0 radical (unpaired) electrons. The van der Waals surface area contributed by atoms with Crippen LogP contribution >= 0.6 is 12.4 Å². The molecule has 1 rings (SSSR count). The first-order chi connectivity index (χ1) is 8.55. The number of carbonyl (C=O) groups is 1. The van der Waals surface area contributed by atoms with Gasteiger partial charge in [0, 0.05) is 6.54 Å². The van der Waals surface area contributed by atoms with Gasteiger partial charge in [0.1, 0.15) is 0 Å². The summed E-state index contributed by atoms with van der Waals surface area (Å²) < 4.78 is 0. The fourth-order valence-electron chi connectivity index (χ4n) is 2.00. The summed E-state index contributed by atoms with van der Waals surface area (Å²) in [6.07, 6.45) is 2.14. The molecular weight excluding hydrogens is 260 g/mol. The van der Waals surface area contributed by atoms with Crippen LogP contribution in [0.5, 0.6) is 0 Å². The standard InChI is InChI=1S/C15H24N2O.ClH/c1-4-15(5-2,11-16)17-14(18)10-13-8-6-12(3)7-9-13;/h6-9H,4-5,10-11,16H2,1-3H3,(H,17,18);1H. The maximum atomic E-state index is 12.0. The van der Waals surface area contributed by atoms with E-state index >= 15 is 0 Å². The highest BCUT2D eigenvalue weighted by Gasteiger charge is 2.25. The zero-order chi connectivity index (χ0) is 13.6. The van der Waals surface area contributed by atoms with Crippen molar-refractivity contribution in [2.75, 3.05) is 6.54 Å². The Morgan fingerprint density at radius 2 is 1.74 bits per heavy atom. The number of hydrogen-bond donors (Lipinski definition) is 2. The molecule has 0 unspecified atom stereocenters. The van der Waals surface area contributed by atoms with Crippen LogP contribution in [0.4, 0.5) is 0 Å². The summed E-state index contributed by atoms with van der Waals surface area (Å²) in [5.41, 5.74) is 7.77. The number of amides is 1. The topological polar surface area (TPSA) is 55.1 Å². The second-order valence-corrected chi connectivity index (χ2v) is 4.90. The minimum Gasteiger partial charge on any atom is -0.349 e. The summed E-state index contributed by atoms with van der Waals surface area (Å²) in [6, 6.07) is 8.05. The van der Waals surface area contributed by atoms with E-state index in [4.69, 9.17) is 5.73 Å². The fourth-order valence-corrected chi connectivity index (χ4v) is 2.00. The molecule has 0 atom stereocenters. The SMILES string of the molecule is CCC(CC)(CN)NC(=O)Cc1ccc(C)cc1.Cl. The van der Waals surface area contributed by atoms with Crippen molar-refractivity contribution in [2.24, 2.45) is 5.73 Å². The maximum Gasteiger partial charge on any atom is 0.224 e. The molecule has 0 heterocycles. The number of aryl methyl sites for hydroxylation is 1. The average Bonchev–Trinajstić information content (AvgIpc) is 2.39. The first kappa shape index (κ1) is 17.9. The van der Waals surface area contributed by atoms with Gasteiger partial charge in [0.15, 0.2) is 0 Å². The van der Waals surface area contributed by atoms with Crippen LogP contribution in [0.1, 0.15) is 37.8 Å². The summed E-state index contributed by atoms with van der Waals surface area (Å²) in [5.74, 6) is 0.0491. The third kappa shape index (κ3) is 5.21. The molecule has 0 saturated heterocycles. The number of hydrogen-bond acceptors (Lipinski definition) is 2. The van der Waals surface area contributed by atoms with E-state index in [-0.39, 0.29) is 23.9 Å². The summed E-state index contributed by atoms with van der Waals surface area (Å²) in [5, 5.41) is 3.08. The van der Waals surface area contributed by atoms with Gasteiger partial charge in [-0.3, -0.25) is 4.79 Å². The van der Waals surface area contributed by atoms with Crippen LogP contribution in [0.2, 0.25) is 0 Å². The molecule has 1 aromatic rings. The Morgan fingerprint density at radius 3 is 2.16 bits per heavy atom. The lowest BCUT2D eigenvalue weighted by Gasteiger charge is -2.31. The van der Waals surface area contributed by atoms with Crippen LogP contribution in [0, 0.1) is 6.92 Å². The second kappa shape index (κ2) is 8.18. The van der Waals surface area contributed by atoms with Crippen molar-refractivity contribution >= 4 is 18.3 Å². The number of benzene rings is 1. The van der Waals surface area contributed by atoms with Gasteiger partial charge in [-0.15, -0.1) is 12.4 Å². The highest BCUT2D eigenvalue weighted by Crippen LogP contribution is 2.13. The fraction of sp³-hybridized carbons (Fsp3) is 0.533. The highest BCUT2D eigenvalue weighted by molar-refractivity contribution is 5.85. The first-order valence-corrected chi connectivity index (χ1v) is 6.62. The van der Waals surface area contributed by atoms with Gasteiger partial charge in [-0.2, -0.15) is 0 Å². The van der Waals surface area contributed by atoms with E-state index in [1.807, 2.05) is 31.2 Å². The van der Waals surface area contributed by atoms with Crippen molar-refractivity contribution in [2.45, 2.75) is 45.6 Å². The molecule has 0 aliphatic carbocycles. The third-order valence-electron chi connectivity index (χ3n) is 3.63. The molecule has 0 aromatic heterocycles. The van der Waals surface area contributed by atoms with E-state index in [2.05, 4.69) is 19.2 Å². The van der Waals surface area contributed by atoms with Crippen molar-refractivity contribution < 1.29 is 4.79 Å². The van der Waals surface area contributed by atoms with Gasteiger partial charge in [-0.05, 0) is 25.3 Å². The number of nitrogens with two attached hydrogens (primary N) is 1. The van der Waals surface area contributed by atoms with Crippen LogP contribution in [0.3, 0.4) is 0 Å². The molecule has 0 saturated carbocycles. The third-order valence-corrected chi connectivity index (χ3v) is 3.63. The smallest absolute Gasteiger partial charge is 0.224 e. The molecule has 108 valence electrons. The van der Waals surface area contributed by atoms with Gasteiger partial charge in [0.2, 0.25) is 5.91 Å². The maximum absolute atomic E-state index is 12.0. The Hall–Kier alpha value is -1.06. The first-order valence-electron chi connectivity index (χ1n) is 6.62. The van der Waals surface area contributed by atoms with Crippen LogP contribution in [0.15, 0.2) is 24.3 Å². The molecule has 0 spiro atoms. The quantitative estimate of drug-likeness (QED) is 0.844. The van der Waals surface area contributed by atoms with E-state index < -0.39 is 0 Å². The molecule has 0 aliphatic heterocycles. The minimum atomic E-state index is -0.248. The van der Waals surface area contributed by atoms with Crippen LogP contribution < -0.4 is 11.1 Å². The van der Waals surface area contributed by atoms with Gasteiger partial charge >= 0.3 is 0 Å². The monoisotopic (exact) mass is 284 g/mol. The summed E-state index contributed by atoms with van der Waals surface area (Å²) in [7, 11) is 0. The minimum absolute atomic E-state index is 0. The molecule has 0 bridgehead atoms. The van der Waals surface area contributed by atoms with Crippen LogP contribution in [0.25, 0.3) is 0 Å². The Morgan fingerprint density at radius 1 is 1.21 bits per heavy atom. The molecule has 3 nitrogen and oxygen atoms in total. The Labute approximate surface area is 122 Å². The molecule has 4 heteroatoms. The normalized spacial score (nSPS) is 10.7. The van der Waals surface area contributed by atoms with Crippen LogP contribution in [-0.2, 0) is 11.2 Å². The number of halogens is 1. The van der Waals surface area contributed by atoms with Gasteiger partial charge in [0.05, 0.1) is 12.0 Å². The zero-order valence-electron chi connectivity index (χ0n) is 12.0. The highest BCUT2D eigenvalue weighted by atomic mass is 35.5. The van der Waals surface area contributed by atoms with E-state index in [0.29, 0.717) is 13.0 Å². The molecule has 0 fully saturated rings. The number of nitrogens with one attached hydrogen (secondary N) is 1. The van der Waals surface area contributed by atoms with Crippen molar-refractivity contribution in [3.8, 4) is 0 Å². The van der Waals surface area contributed by atoms with Crippen molar-refractivity contribution in [1.29, 1.82) is 0 Å². The molecule has 0 aliphatic rings. The number of rotatable bonds is 6. The van der Waals surface area contributed by atoms with E-state index in [1.54, 1.807) is 0 Å². The summed E-state index contributed by atoms with van der Waals surface area (Å²) >= 11 is 0. The zero-order valence-corrected chi connectivity index (χ0v) is 12.8. The van der Waals surface area contributed by atoms with Gasteiger partial charge < -0.3 is 11.1 Å². The van der Waals surface area contributed by atoms with Gasteiger partial charge in [-0.25, -0.2) is 0 Å². The van der Waals surface area contributed by atoms with E-state index in [0.717, 1.165) is 18.4 Å². The summed E-state index contributed by atoms with van der Waals surface area (Å²) in [4.78, 5) is 12.0. The predicted octanol–water partition coefficient (Wildman–Crippen LogP) is 2.59. The largest absolute Gasteiger partial charge is 0.349 e. The van der Waals surface area contributed by atoms with Crippen molar-refractivity contribution in [3.05, 3.63) is 35.4 Å². The average molecular weight is 285 g/mol. The lowest BCUT2D eigenvalue weighted by molar-refractivity contribution is -0.122. The predicted molar refractivity (Wildman–Crippen MR) is 82.6 cm³/mol. The Balaban J connectivity index is 0.00000324. The van der Waals surface area contributed by atoms with E-state index in [9.17, 15) is 4.79 Å². The van der Waals surface area contributed by atoms with Gasteiger partial charge in [-0.1, -0.05) is 43.7 Å². The Bertz CT molecular complexity index is 377. The molecule has 1 aromatic carbocycles. The second-order valence-electron chi connectivity index (χ2n) is 4.90. The van der Waals surface area contributed by atoms with E-state index in [1.165, 1.54) is 5.56 Å². The summed E-state index contributed by atoms with van der Waals surface area (Å²) in [6.45, 7) is 6.64. The molecule has 3 N–H and O–H groups in total. The molecule has 1 amide bonds. The lowest BCUT2D eigenvalue weighted by Crippen LogP contribution is -2.53.